The summed E-state index contributed by atoms with van der Waals surface area (Å²) in [6.45, 7) is 4.38. The Morgan fingerprint density at radius 1 is 0.893 bits per heavy atom. The van der Waals surface area contributed by atoms with Crippen molar-refractivity contribution in [3.63, 3.8) is 0 Å². The predicted octanol–water partition coefficient (Wildman–Crippen LogP) is 2.43. The molecule has 2 saturated heterocycles. The summed E-state index contributed by atoms with van der Waals surface area (Å²) in [5.74, 6) is 0.0621. The Morgan fingerprint density at radius 3 is 2.21 bits per heavy atom. The van der Waals surface area contributed by atoms with Crippen LogP contribution in [-0.2, 0) is 16.0 Å². The molecule has 0 unspecified atom stereocenters. The minimum atomic E-state index is -0.188. The molecule has 0 bridgehead atoms. The van der Waals surface area contributed by atoms with E-state index in [4.69, 9.17) is 0 Å². The van der Waals surface area contributed by atoms with E-state index in [-0.39, 0.29) is 17.7 Å². The van der Waals surface area contributed by atoms with Crippen molar-refractivity contribution >= 4 is 17.5 Å². The number of benzene rings is 2. The van der Waals surface area contributed by atoms with E-state index in [9.17, 15) is 9.59 Å². The fourth-order valence-corrected chi connectivity index (χ4v) is 4.14. The lowest BCUT2D eigenvalue weighted by Gasteiger charge is -2.37. The molecule has 0 saturated carbocycles. The Hall–Kier alpha value is -2.82. The Balaban J connectivity index is 1.28. The molecule has 2 aromatic carbocycles. The second-order valence-electron chi connectivity index (χ2n) is 7.62. The van der Waals surface area contributed by atoms with Crippen LogP contribution in [-0.4, -0.2) is 60.9 Å². The molecular weight excluding hydrogens is 350 g/mol. The molecule has 2 aliphatic rings. The molecule has 1 atom stereocenters. The molecule has 5 nitrogen and oxygen atoms in total. The fraction of sp³-hybridized carbons (Fsp3) is 0.391. The lowest BCUT2D eigenvalue weighted by molar-refractivity contribution is -0.136. The molecule has 0 N–H and O–H groups in total. The molecule has 0 spiro atoms. The SMILES string of the molecule is O=C1C[C@H](C(=O)N2CCN(c3ccccc3)CC2)CN1CCc1ccccc1. The van der Waals surface area contributed by atoms with Crippen LogP contribution in [0.4, 0.5) is 5.69 Å². The average molecular weight is 377 g/mol. The number of rotatable bonds is 5. The van der Waals surface area contributed by atoms with Crippen LogP contribution in [0.25, 0.3) is 0 Å². The summed E-state index contributed by atoms with van der Waals surface area (Å²) >= 11 is 0. The third-order valence-electron chi connectivity index (χ3n) is 5.79. The zero-order valence-corrected chi connectivity index (χ0v) is 16.2. The maximum absolute atomic E-state index is 12.9. The van der Waals surface area contributed by atoms with E-state index in [0.717, 1.165) is 32.6 Å². The van der Waals surface area contributed by atoms with Crippen molar-refractivity contribution in [3.8, 4) is 0 Å². The van der Waals surface area contributed by atoms with Gasteiger partial charge in [0.25, 0.3) is 0 Å². The average Bonchev–Trinajstić information content (AvgIpc) is 3.14. The van der Waals surface area contributed by atoms with Gasteiger partial charge in [0, 0.05) is 51.4 Å². The number of nitrogens with zero attached hydrogens (tertiary/aromatic N) is 3. The highest BCUT2D eigenvalue weighted by molar-refractivity contribution is 5.89. The van der Waals surface area contributed by atoms with E-state index in [2.05, 4.69) is 29.2 Å². The molecule has 28 heavy (non-hydrogen) atoms. The topological polar surface area (TPSA) is 43.9 Å². The molecule has 4 rings (SSSR count). The maximum atomic E-state index is 12.9. The third-order valence-corrected chi connectivity index (χ3v) is 5.79. The highest BCUT2D eigenvalue weighted by Gasteiger charge is 2.37. The minimum absolute atomic E-state index is 0.109. The first-order valence-electron chi connectivity index (χ1n) is 10.1. The first kappa shape index (κ1) is 18.5. The number of anilines is 1. The zero-order valence-electron chi connectivity index (χ0n) is 16.2. The maximum Gasteiger partial charge on any atom is 0.228 e. The van der Waals surface area contributed by atoms with Gasteiger partial charge in [-0.25, -0.2) is 0 Å². The molecule has 0 aliphatic carbocycles. The second kappa shape index (κ2) is 8.46. The number of likely N-dealkylation sites (tertiary alicyclic amines) is 1. The molecule has 2 aliphatic heterocycles. The van der Waals surface area contributed by atoms with Gasteiger partial charge in [0.2, 0.25) is 11.8 Å². The Morgan fingerprint density at radius 2 is 1.54 bits per heavy atom. The smallest absolute Gasteiger partial charge is 0.228 e. The van der Waals surface area contributed by atoms with Crippen LogP contribution >= 0.6 is 0 Å². The van der Waals surface area contributed by atoms with Crippen molar-refractivity contribution in [2.75, 3.05) is 44.2 Å². The summed E-state index contributed by atoms with van der Waals surface area (Å²) in [4.78, 5) is 31.4. The summed E-state index contributed by atoms with van der Waals surface area (Å²) in [5.41, 5.74) is 2.43. The molecule has 0 radical (unpaired) electrons. The summed E-state index contributed by atoms with van der Waals surface area (Å²) in [6, 6.07) is 20.5. The van der Waals surface area contributed by atoms with Crippen molar-refractivity contribution in [1.29, 1.82) is 0 Å². The van der Waals surface area contributed by atoms with Crippen LogP contribution in [0.15, 0.2) is 60.7 Å². The second-order valence-corrected chi connectivity index (χ2v) is 7.62. The summed E-state index contributed by atoms with van der Waals surface area (Å²) in [6.07, 6.45) is 1.19. The highest BCUT2D eigenvalue weighted by atomic mass is 16.2. The first-order valence-corrected chi connectivity index (χ1v) is 10.1. The van der Waals surface area contributed by atoms with E-state index >= 15 is 0 Å². The van der Waals surface area contributed by atoms with Gasteiger partial charge >= 0.3 is 0 Å². The molecule has 2 fully saturated rings. The third kappa shape index (κ3) is 4.19. The van der Waals surface area contributed by atoms with Crippen molar-refractivity contribution in [1.82, 2.24) is 9.80 Å². The van der Waals surface area contributed by atoms with Crippen LogP contribution in [0, 0.1) is 5.92 Å². The zero-order chi connectivity index (χ0) is 19.3. The summed E-state index contributed by atoms with van der Waals surface area (Å²) in [7, 11) is 0. The molecule has 2 aromatic rings. The number of amides is 2. The summed E-state index contributed by atoms with van der Waals surface area (Å²) < 4.78 is 0. The highest BCUT2D eigenvalue weighted by Crippen LogP contribution is 2.22. The number of para-hydroxylation sites is 1. The molecular formula is C23H27N3O2. The van der Waals surface area contributed by atoms with E-state index in [1.807, 2.05) is 46.2 Å². The molecule has 5 heteroatoms. The monoisotopic (exact) mass is 377 g/mol. The van der Waals surface area contributed by atoms with E-state index < -0.39 is 0 Å². The van der Waals surface area contributed by atoms with Gasteiger partial charge in [-0.05, 0) is 24.1 Å². The van der Waals surface area contributed by atoms with E-state index in [1.54, 1.807) is 0 Å². The molecule has 2 heterocycles. The minimum Gasteiger partial charge on any atom is -0.368 e. The van der Waals surface area contributed by atoms with Crippen LogP contribution in [0.1, 0.15) is 12.0 Å². The predicted molar refractivity (Wildman–Crippen MR) is 110 cm³/mol. The number of hydrogen-bond acceptors (Lipinski definition) is 3. The standard InChI is InChI=1S/C23H27N3O2/c27-22-17-20(18-26(22)12-11-19-7-3-1-4-8-19)23(28)25-15-13-24(14-16-25)21-9-5-2-6-10-21/h1-10,20H,11-18H2/t20-/m0/s1. The van der Waals surface area contributed by atoms with E-state index in [1.165, 1.54) is 11.3 Å². The van der Waals surface area contributed by atoms with Gasteiger partial charge in [0.05, 0.1) is 5.92 Å². The number of hydrogen-bond donors (Lipinski definition) is 0. The normalized spacial score (nSPS) is 19.9. The Kier molecular flexibility index (Phi) is 5.60. The Bertz CT molecular complexity index is 801. The fourth-order valence-electron chi connectivity index (χ4n) is 4.14. The van der Waals surface area contributed by atoms with Crippen LogP contribution < -0.4 is 4.90 Å². The van der Waals surface area contributed by atoms with Gasteiger partial charge in [-0.3, -0.25) is 9.59 Å². The quantitative estimate of drug-likeness (QED) is 0.804. The van der Waals surface area contributed by atoms with Crippen molar-refractivity contribution < 1.29 is 9.59 Å². The first-order chi connectivity index (χ1) is 13.7. The molecule has 0 aromatic heterocycles. The van der Waals surface area contributed by atoms with Gasteiger partial charge in [0.15, 0.2) is 0 Å². The summed E-state index contributed by atoms with van der Waals surface area (Å²) in [5, 5.41) is 0. The largest absolute Gasteiger partial charge is 0.368 e. The van der Waals surface area contributed by atoms with Crippen LogP contribution in [0.2, 0.25) is 0 Å². The van der Waals surface area contributed by atoms with Gasteiger partial charge < -0.3 is 14.7 Å². The van der Waals surface area contributed by atoms with Gasteiger partial charge in [-0.15, -0.1) is 0 Å². The molecule has 2 amide bonds. The van der Waals surface area contributed by atoms with Crippen LogP contribution in [0.3, 0.4) is 0 Å². The lowest BCUT2D eigenvalue weighted by Crippen LogP contribution is -2.50. The van der Waals surface area contributed by atoms with E-state index in [0.29, 0.717) is 19.5 Å². The van der Waals surface area contributed by atoms with Crippen molar-refractivity contribution in [2.45, 2.75) is 12.8 Å². The van der Waals surface area contributed by atoms with Gasteiger partial charge in [0.1, 0.15) is 0 Å². The molecule has 146 valence electrons. The van der Waals surface area contributed by atoms with Crippen molar-refractivity contribution in [2.24, 2.45) is 5.92 Å². The number of piperazine rings is 1. The lowest BCUT2D eigenvalue weighted by atomic mass is 10.1. The number of carbonyl (C=O) groups excluding carboxylic acids is 2. The van der Waals surface area contributed by atoms with Gasteiger partial charge in [-0.2, -0.15) is 0 Å². The number of carbonyl (C=O) groups is 2. The van der Waals surface area contributed by atoms with Crippen molar-refractivity contribution in [3.05, 3.63) is 66.2 Å². The van der Waals surface area contributed by atoms with Crippen LogP contribution in [0.5, 0.6) is 0 Å². The Labute approximate surface area is 166 Å². The van der Waals surface area contributed by atoms with Gasteiger partial charge in [-0.1, -0.05) is 48.5 Å².